The molecule has 0 radical (unpaired) electrons. The van der Waals surface area contributed by atoms with Gasteiger partial charge in [-0.2, -0.15) is 0 Å². The summed E-state index contributed by atoms with van der Waals surface area (Å²) in [6.07, 6.45) is 0.577. The van der Waals surface area contributed by atoms with E-state index in [9.17, 15) is 9.59 Å². The molecule has 3 rings (SSSR count). The first-order valence-electron chi connectivity index (χ1n) is 10.8. The Balaban J connectivity index is 1.82. The number of carbonyl (C=O) groups is 2. The number of ether oxygens (including phenoxy) is 3. The first-order chi connectivity index (χ1) is 17.7. The zero-order chi connectivity index (χ0) is 27.1. The van der Waals surface area contributed by atoms with Gasteiger partial charge in [0.25, 0.3) is 5.91 Å². The Morgan fingerprint density at radius 2 is 1.95 bits per heavy atom. The predicted octanol–water partition coefficient (Wildman–Crippen LogP) is 6.30. The van der Waals surface area contributed by atoms with Crippen molar-refractivity contribution in [2.75, 3.05) is 32.8 Å². The largest absolute Gasteiger partial charge is 0.490 e. The van der Waals surface area contributed by atoms with Gasteiger partial charge in [0, 0.05) is 41.4 Å². The molecule has 0 saturated heterocycles. The standard InChI is InChI=1S/C25H23Cl2FN2O6S/c1-4-36-11-21(35-3)15-7-5-6-14(22(15)28)19-12-37-25(29-19)30-23(31)13-8-17(26)16(18(27)9-13)10-20(34-2)24(32)33/h5-10,12,21H,4,11H2,1-3H3,(H,32,33)(H,29,30,31)/b20-10+. The maximum absolute atomic E-state index is 15.3. The van der Waals surface area contributed by atoms with E-state index in [-0.39, 0.29) is 44.2 Å². The number of carboxylic acid groups (broad SMARTS) is 1. The van der Waals surface area contributed by atoms with E-state index in [4.69, 9.17) is 42.5 Å². The number of benzene rings is 2. The van der Waals surface area contributed by atoms with Crippen molar-refractivity contribution in [2.45, 2.75) is 13.0 Å². The van der Waals surface area contributed by atoms with Crippen molar-refractivity contribution in [2.24, 2.45) is 0 Å². The Morgan fingerprint density at radius 3 is 2.54 bits per heavy atom. The number of carbonyl (C=O) groups excluding carboxylic acids is 1. The van der Waals surface area contributed by atoms with E-state index < -0.39 is 23.8 Å². The summed E-state index contributed by atoms with van der Waals surface area (Å²) in [5.41, 5.74) is 1.23. The lowest BCUT2D eigenvalue weighted by Crippen LogP contribution is -2.12. The van der Waals surface area contributed by atoms with Crippen molar-refractivity contribution in [3.63, 3.8) is 0 Å². The number of nitrogens with zero attached hydrogens (tertiary/aromatic N) is 1. The maximum atomic E-state index is 15.3. The predicted molar refractivity (Wildman–Crippen MR) is 141 cm³/mol. The van der Waals surface area contributed by atoms with E-state index in [1.54, 1.807) is 23.6 Å². The van der Waals surface area contributed by atoms with Crippen LogP contribution in [0.1, 0.15) is 34.5 Å². The number of methoxy groups -OCH3 is 2. The first kappa shape index (κ1) is 28.5. The lowest BCUT2D eigenvalue weighted by atomic mass is 10.0. The Labute approximate surface area is 226 Å². The Bertz CT molecular complexity index is 1310. The van der Waals surface area contributed by atoms with Crippen LogP contribution in [0.5, 0.6) is 0 Å². The van der Waals surface area contributed by atoms with E-state index in [2.05, 4.69) is 10.3 Å². The average molecular weight is 569 g/mol. The zero-order valence-electron chi connectivity index (χ0n) is 20.0. The number of amides is 1. The van der Waals surface area contributed by atoms with Gasteiger partial charge in [0.1, 0.15) is 11.9 Å². The van der Waals surface area contributed by atoms with Crippen molar-refractivity contribution < 1.29 is 33.3 Å². The smallest absolute Gasteiger partial charge is 0.371 e. The fourth-order valence-electron chi connectivity index (χ4n) is 3.32. The number of rotatable bonds is 11. The van der Waals surface area contributed by atoms with Gasteiger partial charge in [-0.25, -0.2) is 14.2 Å². The molecule has 0 bridgehead atoms. The van der Waals surface area contributed by atoms with Crippen LogP contribution >= 0.6 is 34.5 Å². The molecule has 0 spiro atoms. The highest BCUT2D eigenvalue weighted by molar-refractivity contribution is 7.14. The summed E-state index contributed by atoms with van der Waals surface area (Å²) in [7, 11) is 2.68. The van der Waals surface area contributed by atoms with Crippen LogP contribution in [0.4, 0.5) is 9.52 Å². The number of anilines is 1. The molecule has 37 heavy (non-hydrogen) atoms. The van der Waals surface area contributed by atoms with Crippen LogP contribution in [0.15, 0.2) is 41.5 Å². The number of carboxylic acids is 1. The quantitative estimate of drug-likeness (QED) is 0.206. The van der Waals surface area contributed by atoms with Gasteiger partial charge in [-0.3, -0.25) is 10.1 Å². The second-order valence-corrected chi connectivity index (χ2v) is 9.13. The van der Waals surface area contributed by atoms with Crippen molar-refractivity contribution in [1.82, 2.24) is 4.98 Å². The van der Waals surface area contributed by atoms with E-state index in [0.29, 0.717) is 17.9 Å². The number of thiazole rings is 1. The van der Waals surface area contributed by atoms with E-state index in [1.165, 1.54) is 26.4 Å². The molecule has 0 fully saturated rings. The Morgan fingerprint density at radius 1 is 1.24 bits per heavy atom. The SMILES string of the molecule is CCOCC(OC)c1cccc(-c2csc(NC(=O)c3cc(Cl)c(/C=C(/OC)C(=O)O)c(Cl)c3)n2)c1F. The summed E-state index contributed by atoms with van der Waals surface area (Å²) in [6, 6.07) is 7.58. The normalized spacial score (nSPS) is 12.3. The molecule has 0 aliphatic heterocycles. The lowest BCUT2D eigenvalue weighted by Gasteiger charge is -2.17. The summed E-state index contributed by atoms with van der Waals surface area (Å²) in [5.74, 6) is -2.72. The number of halogens is 3. The lowest BCUT2D eigenvalue weighted by molar-refractivity contribution is -0.135. The van der Waals surface area contributed by atoms with Crippen LogP contribution in [0.2, 0.25) is 10.0 Å². The molecule has 0 aliphatic rings. The van der Waals surface area contributed by atoms with Crippen LogP contribution in [-0.2, 0) is 19.0 Å². The number of hydrogen-bond donors (Lipinski definition) is 2. The van der Waals surface area contributed by atoms with E-state index in [0.717, 1.165) is 17.4 Å². The maximum Gasteiger partial charge on any atom is 0.371 e. The summed E-state index contributed by atoms with van der Waals surface area (Å²) in [5, 5.41) is 13.7. The molecule has 8 nitrogen and oxygen atoms in total. The molecule has 2 aromatic carbocycles. The summed E-state index contributed by atoms with van der Waals surface area (Å²) >= 11 is 13.6. The molecule has 1 unspecified atom stereocenters. The zero-order valence-corrected chi connectivity index (χ0v) is 22.3. The van der Waals surface area contributed by atoms with Crippen molar-refractivity contribution in [3.05, 3.63) is 74.0 Å². The van der Waals surface area contributed by atoms with Gasteiger partial charge in [0.05, 0.1) is 29.5 Å². The highest BCUT2D eigenvalue weighted by Crippen LogP contribution is 2.33. The molecular weight excluding hydrogens is 546 g/mol. The third-order valence-corrected chi connectivity index (χ3v) is 6.56. The van der Waals surface area contributed by atoms with Gasteiger partial charge < -0.3 is 19.3 Å². The van der Waals surface area contributed by atoms with Gasteiger partial charge in [-0.15, -0.1) is 11.3 Å². The molecule has 1 atom stereocenters. The molecule has 0 saturated carbocycles. The number of nitrogens with one attached hydrogen (secondary N) is 1. The molecular formula is C25H23Cl2FN2O6S. The van der Waals surface area contributed by atoms with Crippen molar-refractivity contribution in [1.29, 1.82) is 0 Å². The third kappa shape index (κ3) is 6.85. The minimum absolute atomic E-state index is 0.0481. The Kier molecular flexibility index (Phi) is 10.0. The molecule has 1 heterocycles. The molecule has 196 valence electrons. The van der Waals surface area contributed by atoms with Crippen LogP contribution in [0, 0.1) is 5.82 Å². The molecule has 1 amide bonds. The third-order valence-electron chi connectivity index (χ3n) is 5.18. The second-order valence-electron chi connectivity index (χ2n) is 7.46. The highest BCUT2D eigenvalue weighted by atomic mass is 35.5. The number of hydrogen-bond acceptors (Lipinski definition) is 7. The molecule has 3 aromatic rings. The fraction of sp³-hybridized carbons (Fsp3) is 0.240. The van der Waals surface area contributed by atoms with Crippen LogP contribution in [0.3, 0.4) is 0 Å². The first-order valence-corrected chi connectivity index (χ1v) is 12.5. The Hall–Kier alpha value is -3.02. The van der Waals surface area contributed by atoms with Gasteiger partial charge in [0.15, 0.2) is 5.13 Å². The topological polar surface area (TPSA) is 107 Å². The number of aliphatic carboxylic acids is 1. The molecule has 12 heteroatoms. The van der Waals surface area contributed by atoms with Gasteiger partial charge in [-0.05, 0) is 31.2 Å². The van der Waals surface area contributed by atoms with E-state index >= 15 is 4.39 Å². The van der Waals surface area contributed by atoms with Crippen LogP contribution in [0.25, 0.3) is 17.3 Å². The second kappa shape index (κ2) is 13.0. The molecule has 1 aromatic heterocycles. The minimum Gasteiger partial charge on any atom is -0.490 e. The average Bonchev–Trinajstić information content (AvgIpc) is 3.32. The van der Waals surface area contributed by atoms with Gasteiger partial charge in [0.2, 0.25) is 5.76 Å². The summed E-state index contributed by atoms with van der Waals surface area (Å²) in [4.78, 5) is 28.3. The number of aromatic nitrogens is 1. The highest BCUT2D eigenvalue weighted by Gasteiger charge is 2.21. The van der Waals surface area contributed by atoms with Gasteiger partial charge >= 0.3 is 5.97 Å². The van der Waals surface area contributed by atoms with Crippen LogP contribution < -0.4 is 5.32 Å². The minimum atomic E-state index is -1.30. The fourth-order valence-corrected chi connectivity index (χ4v) is 4.62. The van der Waals surface area contributed by atoms with Gasteiger partial charge in [-0.1, -0.05) is 35.3 Å². The van der Waals surface area contributed by atoms with Crippen LogP contribution in [-0.4, -0.2) is 49.4 Å². The summed E-state index contributed by atoms with van der Waals surface area (Å²) in [6.45, 7) is 2.52. The molecule has 0 aliphatic carbocycles. The summed E-state index contributed by atoms with van der Waals surface area (Å²) < 4.78 is 30.9. The molecule has 2 N–H and O–H groups in total. The van der Waals surface area contributed by atoms with E-state index in [1.807, 2.05) is 6.92 Å². The van der Waals surface area contributed by atoms with Crippen molar-refractivity contribution in [3.8, 4) is 11.3 Å². The monoisotopic (exact) mass is 568 g/mol. The van der Waals surface area contributed by atoms with Crippen molar-refractivity contribution >= 4 is 57.6 Å².